The molecule has 2 nitrogen and oxygen atoms in total. The predicted molar refractivity (Wildman–Crippen MR) is 86.0 cm³/mol. The SMILES string of the molecule is CNC(c1cc2ccccc2o1)c1cccc(Br)c1C. The maximum absolute atomic E-state index is 5.99. The van der Waals surface area contributed by atoms with Crippen LogP contribution in [0, 0.1) is 6.92 Å². The van der Waals surface area contributed by atoms with E-state index in [1.807, 2.05) is 25.2 Å². The zero-order valence-corrected chi connectivity index (χ0v) is 13.1. The molecule has 0 bridgehead atoms. The number of para-hydroxylation sites is 1. The summed E-state index contributed by atoms with van der Waals surface area (Å²) in [6.07, 6.45) is 0. The van der Waals surface area contributed by atoms with E-state index >= 15 is 0 Å². The molecular weight excluding hydrogens is 314 g/mol. The molecule has 1 aromatic heterocycles. The van der Waals surface area contributed by atoms with Gasteiger partial charge in [-0.2, -0.15) is 0 Å². The first kappa shape index (κ1) is 13.4. The lowest BCUT2D eigenvalue weighted by molar-refractivity contribution is 0.490. The van der Waals surface area contributed by atoms with Crippen LogP contribution in [0.1, 0.15) is 22.9 Å². The van der Waals surface area contributed by atoms with Gasteiger partial charge >= 0.3 is 0 Å². The van der Waals surface area contributed by atoms with Crippen LogP contribution in [0.15, 0.2) is 57.4 Å². The summed E-state index contributed by atoms with van der Waals surface area (Å²) in [6, 6.07) is 16.5. The minimum atomic E-state index is 0.0555. The molecule has 0 aliphatic rings. The molecule has 1 unspecified atom stereocenters. The van der Waals surface area contributed by atoms with Crippen molar-refractivity contribution in [2.75, 3.05) is 7.05 Å². The highest BCUT2D eigenvalue weighted by Crippen LogP contribution is 2.31. The normalized spacial score (nSPS) is 12.8. The molecule has 3 rings (SSSR count). The maximum atomic E-state index is 5.99. The fraction of sp³-hybridized carbons (Fsp3) is 0.176. The van der Waals surface area contributed by atoms with Crippen molar-refractivity contribution in [1.82, 2.24) is 5.32 Å². The van der Waals surface area contributed by atoms with E-state index in [9.17, 15) is 0 Å². The van der Waals surface area contributed by atoms with Crippen LogP contribution < -0.4 is 5.32 Å². The number of rotatable bonds is 3. The number of benzene rings is 2. The second kappa shape index (κ2) is 5.43. The van der Waals surface area contributed by atoms with Crippen molar-refractivity contribution >= 4 is 26.9 Å². The van der Waals surface area contributed by atoms with Crippen LogP contribution >= 0.6 is 15.9 Å². The third-order valence-electron chi connectivity index (χ3n) is 3.64. The second-order valence-corrected chi connectivity index (χ2v) is 5.72. The molecular formula is C17H16BrNO. The zero-order chi connectivity index (χ0) is 14.1. The molecule has 0 aliphatic carbocycles. The van der Waals surface area contributed by atoms with Crippen LogP contribution in [0.3, 0.4) is 0 Å². The van der Waals surface area contributed by atoms with Gasteiger partial charge in [-0.1, -0.05) is 46.3 Å². The summed E-state index contributed by atoms with van der Waals surface area (Å²) in [5.41, 5.74) is 3.38. The second-order valence-electron chi connectivity index (χ2n) is 4.86. The van der Waals surface area contributed by atoms with Crippen molar-refractivity contribution < 1.29 is 4.42 Å². The Bertz CT molecular complexity index is 715. The third kappa shape index (κ3) is 2.28. The number of halogens is 1. The summed E-state index contributed by atoms with van der Waals surface area (Å²) >= 11 is 3.59. The Labute approximate surface area is 126 Å². The van der Waals surface area contributed by atoms with Crippen LogP contribution in [0.25, 0.3) is 11.0 Å². The number of furan rings is 1. The molecule has 0 spiro atoms. The van der Waals surface area contributed by atoms with Crippen molar-refractivity contribution in [1.29, 1.82) is 0 Å². The summed E-state index contributed by atoms with van der Waals surface area (Å²) in [7, 11) is 1.96. The first-order chi connectivity index (χ1) is 9.70. The van der Waals surface area contributed by atoms with Gasteiger partial charge in [0, 0.05) is 9.86 Å². The Hall–Kier alpha value is -1.58. The fourth-order valence-electron chi connectivity index (χ4n) is 2.53. The molecule has 0 aliphatic heterocycles. The molecule has 3 heteroatoms. The van der Waals surface area contributed by atoms with Crippen LogP contribution in [-0.4, -0.2) is 7.05 Å². The summed E-state index contributed by atoms with van der Waals surface area (Å²) in [5, 5.41) is 4.48. The van der Waals surface area contributed by atoms with E-state index in [4.69, 9.17) is 4.42 Å². The van der Waals surface area contributed by atoms with Gasteiger partial charge in [0.25, 0.3) is 0 Å². The lowest BCUT2D eigenvalue weighted by atomic mass is 9.99. The van der Waals surface area contributed by atoms with Gasteiger partial charge in [0.1, 0.15) is 11.3 Å². The Morgan fingerprint density at radius 3 is 2.65 bits per heavy atom. The number of hydrogen-bond acceptors (Lipinski definition) is 2. The van der Waals surface area contributed by atoms with Crippen LogP contribution in [0.4, 0.5) is 0 Å². The van der Waals surface area contributed by atoms with Crippen molar-refractivity contribution in [2.45, 2.75) is 13.0 Å². The Morgan fingerprint density at radius 1 is 1.10 bits per heavy atom. The highest BCUT2D eigenvalue weighted by Gasteiger charge is 2.19. The van der Waals surface area contributed by atoms with E-state index in [0.29, 0.717) is 0 Å². The van der Waals surface area contributed by atoms with Crippen LogP contribution in [0.5, 0.6) is 0 Å². The molecule has 0 fully saturated rings. The Kier molecular flexibility index (Phi) is 3.64. The third-order valence-corrected chi connectivity index (χ3v) is 4.50. The quantitative estimate of drug-likeness (QED) is 0.745. The van der Waals surface area contributed by atoms with Gasteiger partial charge in [0.05, 0.1) is 6.04 Å². The molecule has 102 valence electrons. The van der Waals surface area contributed by atoms with Gasteiger partial charge in [0.2, 0.25) is 0 Å². The summed E-state index contributed by atoms with van der Waals surface area (Å²) in [4.78, 5) is 0. The average Bonchev–Trinajstić information content (AvgIpc) is 2.87. The first-order valence-corrected chi connectivity index (χ1v) is 7.40. The highest BCUT2D eigenvalue weighted by molar-refractivity contribution is 9.10. The van der Waals surface area contributed by atoms with Crippen molar-refractivity contribution in [3.05, 3.63) is 69.9 Å². The van der Waals surface area contributed by atoms with Gasteiger partial charge in [0.15, 0.2) is 0 Å². The Balaban J connectivity index is 2.11. The average molecular weight is 330 g/mol. The zero-order valence-electron chi connectivity index (χ0n) is 11.5. The standard InChI is InChI=1S/C17H16BrNO/c1-11-13(7-5-8-14(11)18)17(19-2)16-10-12-6-3-4-9-15(12)20-16/h3-10,17,19H,1-2H3. The molecule has 1 atom stereocenters. The molecule has 2 aromatic carbocycles. The lowest BCUT2D eigenvalue weighted by Crippen LogP contribution is -2.18. The molecule has 1 N–H and O–H groups in total. The van der Waals surface area contributed by atoms with Gasteiger partial charge in [-0.05, 0) is 43.3 Å². The summed E-state index contributed by atoms with van der Waals surface area (Å²) in [6.45, 7) is 2.12. The predicted octanol–water partition coefficient (Wildman–Crippen LogP) is 4.81. The summed E-state index contributed by atoms with van der Waals surface area (Å²) in [5.74, 6) is 0.940. The number of hydrogen-bond donors (Lipinski definition) is 1. The van der Waals surface area contributed by atoms with E-state index in [2.05, 4.69) is 58.5 Å². The van der Waals surface area contributed by atoms with Crippen molar-refractivity contribution in [3.8, 4) is 0 Å². The molecule has 20 heavy (non-hydrogen) atoms. The van der Waals surface area contributed by atoms with Crippen LogP contribution in [0.2, 0.25) is 0 Å². The first-order valence-electron chi connectivity index (χ1n) is 6.61. The van der Waals surface area contributed by atoms with E-state index in [0.717, 1.165) is 21.2 Å². The minimum absolute atomic E-state index is 0.0555. The molecule has 0 saturated carbocycles. The molecule has 3 aromatic rings. The number of nitrogens with one attached hydrogen (secondary N) is 1. The summed E-state index contributed by atoms with van der Waals surface area (Å²) < 4.78 is 7.11. The molecule has 0 saturated heterocycles. The largest absolute Gasteiger partial charge is 0.459 e. The Morgan fingerprint density at radius 2 is 1.90 bits per heavy atom. The maximum Gasteiger partial charge on any atom is 0.134 e. The minimum Gasteiger partial charge on any atom is -0.459 e. The van der Waals surface area contributed by atoms with E-state index in [1.165, 1.54) is 11.1 Å². The van der Waals surface area contributed by atoms with E-state index < -0.39 is 0 Å². The fourth-order valence-corrected chi connectivity index (χ4v) is 2.91. The monoisotopic (exact) mass is 329 g/mol. The highest BCUT2D eigenvalue weighted by atomic mass is 79.9. The van der Waals surface area contributed by atoms with E-state index in [1.54, 1.807) is 0 Å². The van der Waals surface area contributed by atoms with Crippen LogP contribution in [-0.2, 0) is 0 Å². The topological polar surface area (TPSA) is 25.2 Å². The van der Waals surface area contributed by atoms with Crippen molar-refractivity contribution in [2.24, 2.45) is 0 Å². The number of fused-ring (bicyclic) bond motifs is 1. The van der Waals surface area contributed by atoms with Crippen molar-refractivity contribution in [3.63, 3.8) is 0 Å². The van der Waals surface area contributed by atoms with E-state index in [-0.39, 0.29) is 6.04 Å². The lowest BCUT2D eigenvalue weighted by Gasteiger charge is -2.17. The molecule has 1 heterocycles. The molecule has 0 radical (unpaired) electrons. The van der Waals surface area contributed by atoms with Gasteiger partial charge in [-0.15, -0.1) is 0 Å². The van der Waals surface area contributed by atoms with Gasteiger partial charge < -0.3 is 9.73 Å². The molecule has 0 amide bonds. The smallest absolute Gasteiger partial charge is 0.134 e. The van der Waals surface area contributed by atoms with Gasteiger partial charge in [-0.3, -0.25) is 0 Å². The van der Waals surface area contributed by atoms with Gasteiger partial charge in [-0.25, -0.2) is 0 Å².